The highest BCUT2D eigenvalue weighted by molar-refractivity contribution is 9.10. The second-order valence-corrected chi connectivity index (χ2v) is 8.41. The molecule has 10 heteroatoms. The maximum atomic E-state index is 12.0. The smallest absolute Gasteiger partial charge is 0.249 e. The van der Waals surface area contributed by atoms with Crippen molar-refractivity contribution in [1.82, 2.24) is 5.43 Å². The summed E-state index contributed by atoms with van der Waals surface area (Å²) in [4.78, 5) is 24.0. The number of methoxy groups -OCH3 is 1. The van der Waals surface area contributed by atoms with Gasteiger partial charge < -0.3 is 14.8 Å². The molecule has 0 radical (unpaired) electrons. The second-order valence-electron chi connectivity index (χ2n) is 7.12. The van der Waals surface area contributed by atoms with Crippen molar-refractivity contribution in [3.63, 3.8) is 0 Å². The summed E-state index contributed by atoms with van der Waals surface area (Å²) in [5.74, 6) is -0.164. The molecule has 3 aromatic carbocycles. The van der Waals surface area contributed by atoms with Crippen LogP contribution in [0.2, 0.25) is 5.02 Å². The van der Waals surface area contributed by atoms with Gasteiger partial charge >= 0.3 is 0 Å². The van der Waals surface area contributed by atoms with Gasteiger partial charge in [-0.15, -0.1) is 0 Å². The summed E-state index contributed by atoms with van der Waals surface area (Å²) in [5, 5.41) is 16.3. The zero-order valence-electron chi connectivity index (χ0n) is 18.5. The third-order valence-corrected chi connectivity index (χ3v) is 5.45. The van der Waals surface area contributed by atoms with E-state index in [2.05, 4.69) is 37.8 Å². The van der Waals surface area contributed by atoms with Crippen LogP contribution >= 0.6 is 27.5 Å². The Morgan fingerprint density at radius 1 is 1.14 bits per heavy atom. The van der Waals surface area contributed by atoms with Crippen molar-refractivity contribution in [2.24, 2.45) is 5.10 Å². The molecule has 0 bridgehead atoms. The van der Waals surface area contributed by atoms with Crippen molar-refractivity contribution >= 4 is 51.2 Å². The van der Waals surface area contributed by atoms with E-state index in [0.717, 1.165) is 5.56 Å². The van der Waals surface area contributed by atoms with Crippen LogP contribution in [0, 0.1) is 11.3 Å². The normalized spacial score (nSPS) is 10.5. The number of hydrazone groups is 1. The van der Waals surface area contributed by atoms with E-state index in [1.807, 2.05) is 12.1 Å². The Hall–Kier alpha value is -3.87. The lowest BCUT2D eigenvalue weighted by Crippen LogP contribution is -2.24. The molecule has 0 unspecified atom stereocenters. The minimum Gasteiger partial charge on any atom is -0.493 e. The Morgan fingerprint density at radius 2 is 1.89 bits per heavy atom. The van der Waals surface area contributed by atoms with Gasteiger partial charge in [0, 0.05) is 16.3 Å². The van der Waals surface area contributed by atoms with E-state index < -0.39 is 18.2 Å². The Kier molecular flexibility index (Phi) is 9.23. The number of rotatable bonds is 9. The minimum atomic E-state index is -0.574. The fraction of sp³-hybridized carbons (Fsp3) is 0.120. The standard InChI is InChI=1S/C25H20BrClN4O4/c1-34-22-11-16(10-21(26)25(22)35-15-18-5-3-2-4-17(18)13-28)14-29-31-24(33)12-23(32)30-20-8-6-19(27)7-9-20/h2-11,14H,12,15H2,1H3,(H,30,32)(H,31,33). The van der Waals surface area contributed by atoms with Gasteiger partial charge in [0.25, 0.3) is 0 Å². The molecule has 35 heavy (non-hydrogen) atoms. The van der Waals surface area contributed by atoms with E-state index in [4.69, 9.17) is 21.1 Å². The van der Waals surface area contributed by atoms with Gasteiger partial charge in [-0.25, -0.2) is 5.43 Å². The number of hydrogen-bond donors (Lipinski definition) is 2. The van der Waals surface area contributed by atoms with Crippen LogP contribution in [-0.2, 0) is 16.2 Å². The molecule has 0 saturated heterocycles. The quantitative estimate of drug-likeness (QED) is 0.218. The number of carbonyl (C=O) groups excluding carboxylic acids is 2. The van der Waals surface area contributed by atoms with Crippen LogP contribution in [0.3, 0.4) is 0 Å². The number of halogens is 2. The molecule has 178 valence electrons. The Balaban J connectivity index is 1.58. The SMILES string of the molecule is COc1cc(C=NNC(=O)CC(=O)Nc2ccc(Cl)cc2)cc(Br)c1OCc1ccccc1C#N. The van der Waals surface area contributed by atoms with Crippen molar-refractivity contribution in [3.05, 3.63) is 86.8 Å². The Bertz CT molecular complexity index is 1290. The molecule has 0 fully saturated rings. The summed E-state index contributed by atoms with van der Waals surface area (Å²) >= 11 is 9.27. The van der Waals surface area contributed by atoms with Crippen molar-refractivity contribution in [2.45, 2.75) is 13.0 Å². The summed E-state index contributed by atoms with van der Waals surface area (Å²) in [6.45, 7) is 0.181. The first-order valence-electron chi connectivity index (χ1n) is 10.2. The fourth-order valence-corrected chi connectivity index (χ4v) is 3.66. The third-order valence-electron chi connectivity index (χ3n) is 4.61. The largest absolute Gasteiger partial charge is 0.493 e. The number of benzene rings is 3. The van der Waals surface area contributed by atoms with Gasteiger partial charge in [-0.05, 0) is 64.0 Å². The van der Waals surface area contributed by atoms with E-state index >= 15 is 0 Å². The van der Waals surface area contributed by atoms with Crippen LogP contribution < -0.4 is 20.2 Å². The van der Waals surface area contributed by atoms with E-state index in [9.17, 15) is 14.9 Å². The number of nitriles is 1. The maximum absolute atomic E-state index is 12.0. The van der Waals surface area contributed by atoms with E-state index in [1.165, 1.54) is 13.3 Å². The number of ether oxygens (including phenoxy) is 2. The summed E-state index contributed by atoms with van der Waals surface area (Å²) < 4.78 is 11.9. The number of nitrogens with one attached hydrogen (secondary N) is 2. The van der Waals surface area contributed by atoms with Crippen molar-refractivity contribution in [1.29, 1.82) is 5.26 Å². The van der Waals surface area contributed by atoms with Crippen molar-refractivity contribution in [2.75, 3.05) is 12.4 Å². The maximum Gasteiger partial charge on any atom is 0.249 e. The Labute approximate surface area is 215 Å². The highest BCUT2D eigenvalue weighted by atomic mass is 79.9. The summed E-state index contributed by atoms with van der Waals surface area (Å²) in [5.41, 5.74) is 4.75. The highest BCUT2D eigenvalue weighted by Gasteiger charge is 2.13. The number of amides is 2. The molecule has 2 N–H and O–H groups in total. The minimum absolute atomic E-state index is 0.181. The predicted octanol–water partition coefficient (Wildman–Crippen LogP) is 5.04. The first-order valence-corrected chi connectivity index (χ1v) is 11.4. The molecule has 0 aliphatic rings. The van der Waals surface area contributed by atoms with Gasteiger partial charge in [-0.2, -0.15) is 10.4 Å². The van der Waals surface area contributed by atoms with Crippen molar-refractivity contribution in [3.8, 4) is 17.6 Å². The van der Waals surface area contributed by atoms with Gasteiger partial charge in [0.05, 0.1) is 29.4 Å². The molecule has 0 atom stereocenters. The van der Waals surface area contributed by atoms with Crippen LogP contribution in [0.5, 0.6) is 11.5 Å². The molecule has 3 aromatic rings. The molecule has 0 aliphatic heterocycles. The topological polar surface area (TPSA) is 113 Å². The molecule has 3 rings (SSSR count). The summed E-state index contributed by atoms with van der Waals surface area (Å²) in [6, 6.07) is 19.3. The molecule has 8 nitrogen and oxygen atoms in total. The molecule has 0 heterocycles. The number of carbonyl (C=O) groups is 2. The third kappa shape index (κ3) is 7.57. The second kappa shape index (κ2) is 12.6. The van der Waals surface area contributed by atoms with Gasteiger partial charge in [0.15, 0.2) is 11.5 Å². The van der Waals surface area contributed by atoms with Crippen LogP contribution in [0.15, 0.2) is 70.2 Å². The molecule has 0 saturated carbocycles. The van der Waals surface area contributed by atoms with Gasteiger partial charge in [-0.3, -0.25) is 9.59 Å². The summed E-state index contributed by atoms with van der Waals surface area (Å²) in [6.07, 6.45) is 1.01. The van der Waals surface area contributed by atoms with Gasteiger partial charge in [0.2, 0.25) is 11.8 Å². The molecule has 0 spiro atoms. The molecule has 0 aliphatic carbocycles. The van der Waals surface area contributed by atoms with Crippen LogP contribution in [-0.4, -0.2) is 25.1 Å². The van der Waals surface area contributed by atoms with E-state index in [1.54, 1.807) is 48.5 Å². The lowest BCUT2D eigenvalue weighted by molar-refractivity contribution is -0.126. The van der Waals surface area contributed by atoms with Crippen molar-refractivity contribution < 1.29 is 19.1 Å². The molecular formula is C25H20BrClN4O4. The Morgan fingerprint density at radius 3 is 2.60 bits per heavy atom. The average molecular weight is 556 g/mol. The van der Waals surface area contributed by atoms with Crippen LogP contribution in [0.25, 0.3) is 0 Å². The molecule has 2 amide bonds. The van der Waals surface area contributed by atoms with Gasteiger partial charge in [-0.1, -0.05) is 29.8 Å². The zero-order chi connectivity index (χ0) is 25.2. The fourth-order valence-electron chi connectivity index (χ4n) is 2.96. The monoisotopic (exact) mass is 554 g/mol. The first kappa shape index (κ1) is 25.7. The highest BCUT2D eigenvalue weighted by Crippen LogP contribution is 2.37. The predicted molar refractivity (Wildman–Crippen MR) is 137 cm³/mol. The number of anilines is 1. The lowest BCUT2D eigenvalue weighted by Gasteiger charge is -2.14. The molecular weight excluding hydrogens is 536 g/mol. The average Bonchev–Trinajstić information content (AvgIpc) is 2.84. The van der Waals surface area contributed by atoms with Crippen LogP contribution in [0.1, 0.15) is 23.1 Å². The van der Waals surface area contributed by atoms with E-state index in [0.29, 0.717) is 37.8 Å². The van der Waals surface area contributed by atoms with E-state index in [-0.39, 0.29) is 6.61 Å². The lowest BCUT2D eigenvalue weighted by atomic mass is 10.1. The number of nitrogens with zero attached hydrogens (tertiary/aromatic N) is 2. The van der Waals surface area contributed by atoms with Crippen LogP contribution in [0.4, 0.5) is 5.69 Å². The first-order chi connectivity index (χ1) is 16.9. The van der Waals surface area contributed by atoms with Gasteiger partial charge in [0.1, 0.15) is 13.0 Å². The molecule has 0 aromatic heterocycles. The zero-order valence-corrected chi connectivity index (χ0v) is 20.9. The number of hydrogen-bond acceptors (Lipinski definition) is 6. The summed E-state index contributed by atoms with van der Waals surface area (Å²) in [7, 11) is 1.50.